The van der Waals surface area contributed by atoms with Crippen molar-refractivity contribution in [2.75, 3.05) is 14.2 Å². The highest BCUT2D eigenvalue weighted by Crippen LogP contribution is 2.30. The van der Waals surface area contributed by atoms with Crippen LogP contribution in [0.3, 0.4) is 0 Å². The number of fused-ring (bicyclic) bond motifs is 1. The third-order valence-corrected chi connectivity index (χ3v) is 4.41. The quantitative estimate of drug-likeness (QED) is 0.501. The molecule has 0 bridgehead atoms. The second-order valence-corrected chi connectivity index (χ2v) is 6.23. The first-order valence-corrected chi connectivity index (χ1v) is 8.33. The van der Waals surface area contributed by atoms with E-state index in [1.165, 1.54) is 20.3 Å². The lowest BCUT2D eigenvalue weighted by Crippen LogP contribution is -2.19. The van der Waals surface area contributed by atoms with Crippen molar-refractivity contribution < 1.29 is 18.7 Å². The SMILES string of the molecule is COC(=O)[C@H](Cc1cccc(Cl)c1)c1cc(=O)oc2cc(OC)ccc12. The Morgan fingerprint density at radius 1 is 1.15 bits per heavy atom. The predicted octanol–water partition coefficient (Wildman–Crippen LogP) is 3.95. The van der Waals surface area contributed by atoms with E-state index in [2.05, 4.69) is 0 Å². The molecule has 0 saturated heterocycles. The Balaban J connectivity index is 2.14. The Labute approximate surface area is 155 Å². The third kappa shape index (κ3) is 3.73. The van der Waals surface area contributed by atoms with Crippen LogP contribution in [0.5, 0.6) is 5.75 Å². The van der Waals surface area contributed by atoms with Crippen LogP contribution >= 0.6 is 11.6 Å². The van der Waals surface area contributed by atoms with Crippen molar-refractivity contribution in [1.82, 2.24) is 0 Å². The van der Waals surface area contributed by atoms with E-state index in [0.717, 1.165) is 5.56 Å². The normalized spacial score (nSPS) is 12.0. The Kier molecular flexibility index (Phi) is 5.28. The number of rotatable bonds is 5. The van der Waals surface area contributed by atoms with Gasteiger partial charge in [0.05, 0.1) is 20.1 Å². The highest BCUT2D eigenvalue weighted by atomic mass is 35.5. The van der Waals surface area contributed by atoms with E-state index in [-0.39, 0.29) is 0 Å². The summed E-state index contributed by atoms with van der Waals surface area (Å²) in [6, 6.07) is 13.7. The third-order valence-electron chi connectivity index (χ3n) is 4.17. The number of benzene rings is 2. The van der Waals surface area contributed by atoms with Crippen molar-refractivity contribution in [3.63, 3.8) is 0 Å². The lowest BCUT2D eigenvalue weighted by atomic mass is 9.90. The molecule has 0 unspecified atom stereocenters. The smallest absolute Gasteiger partial charge is 0.336 e. The van der Waals surface area contributed by atoms with E-state index in [1.807, 2.05) is 12.1 Å². The molecular formula is C20H17ClO5. The number of ether oxygens (including phenoxy) is 2. The van der Waals surface area contributed by atoms with E-state index >= 15 is 0 Å². The lowest BCUT2D eigenvalue weighted by Gasteiger charge is -2.17. The van der Waals surface area contributed by atoms with Crippen molar-refractivity contribution in [3.8, 4) is 5.75 Å². The zero-order chi connectivity index (χ0) is 18.7. The number of esters is 1. The molecule has 26 heavy (non-hydrogen) atoms. The molecule has 1 atom stereocenters. The number of carbonyl (C=O) groups is 1. The minimum atomic E-state index is -0.668. The van der Waals surface area contributed by atoms with Crippen molar-refractivity contribution in [1.29, 1.82) is 0 Å². The fourth-order valence-electron chi connectivity index (χ4n) is 2.95. The van der Waals surface area contributed by atoms with Crippen LogP contribution in [-0.4, -0.2) is 20.2 Å². The number of methoxy groups -OCH3 is 2. The number of carbonyl (C=O) groups excluding carboxylic acids is 1. The second kappa shape index (κ2) is 7.62. The maximum Gasteiger partial charge on any atom is 0.336 e. The highest BCUT2D eigenvalue weighted by Gasteiger charge is 2.25. The van der Waals surface area contributed by atoms with Crippen LogP contribution in [0.1, 0.15) is 17.0 Å². The van der Waals surface area contributed by atoms with Crippen molar-refractivity contribution in [2.45, 2.75) is 12.3 Å². The van der Waals surface area contributed by atoms with E-state index in [0.29, 0.717) is 33.7 Å². The number of halogens is 1. The summed E-state index contributed by atoms with van der Waals surface area (Å²) in [5.74, 6) is -0.548. The predicted molar refractivity (Wildman–Crippen MR) is 98.9 cm³/mol. The molecule has 1 aromatic heterocycles. The van der Waals surface area contributed by atoms with Crippen LogP contribution in [-0.2, 0) is 16.0 Å². The summed E-state index contributed by atoms with van der Waals surface area (Å²) < 4.78 is 15.4. The van der Waals surface area contributed by atoms with E-state index in [4.69, 9.17) is 25.5 Å². The van der Waals surface area contributed by atoms with Gasteiger partial charge in [0.25, 0.3) is 0 Å². The summed E-state index contributed by atoms with van der Waals surface area (Å²) in [6.45, 7) is 0. The van der Waals surface area contributed by atoms with Crippen LogP contribution in [0.15, 0.2) is 57.7 Å². The molecule has 2 aromatic carbocycles. The number of hydrogen-bond donors (Lipinski definition) is 0. The summed E-state index contributed by atoms with van der Waals surface area (Å²) >= 11 is 6.05. The molecule has 1 heterocycles. The van der Waals surface area contributed by atoms with Gasteiger partial charge in [-0.05, 0) is 41.8 Å². The summed E-state index contributed by atoms with van der Waals surface area (Å²) in [6.07, 6.45) is 0.345. The van der Waals surface area contributed by atoms with Gasteiger partial charge in [0.15, 0.2) is 0 Å². The molecule has 6 heteroatoms. The minimum Gasteiger partial charge on any atom is -0.497 e. The van der Waals surface area contributed by atoms with E-state index in [1.54, 1.807) is 30.3 Å². The first kappa shape index (κ1) is 18.0. The lowest BCUT2D eigenvalue weighted by molar-refractivity contribution is -0.142. The van der Waals surface area contributed by atoms with Gasteiger partial charge in [0.2, 0.25) is 0 Å². The van der Waals surface area contributed by atoms with Crippen LogP contribution in [0.4, 0.5) is 0 Å². The molecule has 3 rings (SSSR count). The second-order valence-electron chi connectivity index (χ2n) is 5.79. The van der Waals surface area contributed by atoms with Crippen LogP contribution < -0.4 is 10.4 Å². The maximum absolute atomic E-state index is 12.5. The first-order valence-electron chi connectivity index (χ1n) is 7.96. The van der Waals surface area contributed by atoms with Crippen LogP contribution in [0.25, 0.3) is 11.0 Å². The fraction of sp³-hybridized carbons (Fsp3) is 0.200. The van der Waals surface area contributed by atoms with Gasteiger partial charge >= 0.3 is 11.6 Å². The molecule has 134 valence electrons. The molecular weight excluding hydrogens is 356 g/mol. The van der Waals surface area contributed by atoms with Gasteiger partial charge in [0, 0.05) is 22.5 Å². The summed E-state index contributed by atoms with van der Waals surface area (Å²) in [7, 11) is 2.85. The van der Waals surface area contributed by atoms with Gasteiger partial charge in [-0.15, -0.1) is 0 Å². The Morgan fingerprint density at radius 2 is 1.96 bits per heavy atom. The summed E-state index contributed by atoms with van der Waals surface area (Å²) in [4.78, 5) is 24.5. The topological polar surface area (TPSA) is 65.7 Å². The fourth-order valence-corrected chi connectivity index (χ4v) is 3.16. The standard InChI is InChI=1S/C20H17ClO5/c1-24-14-6-7-15-16(11-19(22)26-18(15)10-14)17(20(23)25-2)9-12-4-3-5-13(21)8-12/h3-8,10-11,17H,9H2,1-2H3/t17-/m1/s1. The molecule has 0 aliphatic rings. The van der Waals surface area contributed by atoms with Gasteiger partial charge in [-0.3, -0.25) is 4.79 Å². The molecule has 0 saturated carbocycles. The molecule has 0 aliphatic heterocycles. The van der Waals surface area contributed by atoms with Crippen LogP contribution in [0.2, 0.25) is 5.02 Å². The van der Waals surface area contributed by atoms with Crippen LogP contribution in [0, 0.1) is 0 Å². The first-order chi connectivity index (χ1) is 12.5. The molecule has 3 aromatic rings. The summed E-state index contributed by atoms with van der Waals surface area (Å²) in [5, 5.41) is 1.23. The van der Waals surface area contributed by atoms with E-state index < -0.39 is 17.5 Å². The minimum absolute atomic E-state index is 0.345. The van der Waals surface area contributed by atoms with Gasteiger partial charge in [0.1, 0.15) is 11.3 Å². The van der Waals surface area contributed by atoms with Gasteiger partial charge in [-0.25, -0.2) is 4.79 Å². The van der Waals surface area contributed by atoms with Crippen molar-refractivity contribution in [2.24, 2.45) is 0 Å². The average molecular weight is 373 g/mol. The zero-order valence-corrected chi connectivity index (χ0v) is 15.1. The molecule has 0 fully saturated rings. The molecule has 0 radical (unpaired) electrons. The monoisotopic (exact) mass is 372 g/mol. The van der Waals surface area contributed by atoms with Gasteiger partial charge in [-0.2, -0.15) is 0 Å². The summed E-state index contributed by atoms with van der Waals surface area (Å²) in [5.41, 5.74) is 1.22. The molecule has 0 aliphatic carbocycles. The van der Waals surface area contributed by atoms with Gasteiger partial charge in [-0.1, -0.05) is 23.7 Å². The molecule has 5 nitrogen and oxygen atoms in total. The molecule has 0 N–H and O–H groups in total. The Morgan fingerprint density at radius 3 is 2.65 bits per heavy atom. The maximum atomic E-state index is 12.5. The van der Waals surface area contributed by atoms with Crippen molar-refractivity contribution >= 4 is 28.5 Å². The van der Waals surface area contributed by atoms with Crippen molar-refractivity contribution in [3.05, 3.63) is 75.1 Å². The number of hydrogen-bond acceptors (Lipinski definition) is 5. The average Bonchev–Trinajstić information content (AvgIpc) is 2.64. The molecule has 0 spiro atoms. The zero-order valence-electron chi connectivity index (χ0n) is 14.3. The Bertz CT molecular complexity index is 1010. The van der Waals surface area contributed by atoms with Gasteiger partial charge < -0.3 is 13.9 Å². The largest absolute Gasteiger partial charge is 0.497 e. The highest BCUT2D eigenvalue weighted by molar-refractivity contribution is 6.30. The van der Waals surface area contributed by atoms with E-state index in [9.17, 15) is 9.59 Å². The molecule has 0 amide bonds. The Hall–Kier alpha value is -2.79.